The smallest absolute Gasteiger partial charge is 0.326 e. The van der Waals surface area contributed by atoms with E-state index < -0.39 is 30.0 Å². The predicted molar refractivity (Wildman–Crippen MR) is 82.5 cm³/mol. The summed E-state index contributed by atoms with van der Waals surface area (Å²) in [6.45, 7) is 4.87. The Hall–Kier alpha value is -2.57. The van der Waals surface area contributed by atoms with Gasteiger partial charge in [-0.15, -0.1) is 0 Å². The molecule has 0 aliphatic rings. The number of rotatable bonds is 6. The molecule has 0 heterocycles. The highest BCUT2D eigenvalue weighted by Gasteiger charge is 2.26. The Morgan fingerprint density at radius 2 is 1.59 bits per heavy atom. The molecule has 1 aromatic carbocycles. The summed E-state index contributed by atoms with van der Waals surface area (Å²) in [6.07, 6.45) is 0. The maximum Gasteiger partial charge on any atom is 0.326 e. The van der Waals surface area contributed by atoms with Crippen molar-refractivity contribution in [1.82, 2.24) is 10.6 Å². The number of aliphatic carboxylic acids is 1. The van der Waals surface area contributed by atoms with Crippen LogP contribution in [0.15, 0.2) is 30.3 Å². The highest BCUT2D eigenvalue weighted by molar-refractivity contribution is 5.94. The maximum atomic E-state index is 11.9. The first-order chi connectivity index (χ1) is 10.3. The van der Waals surface area contributed by atoms with E-state index in [0.717, 1.165) is 0 Å². The third-order valence-electron chi connectivity index (χ3n) is 3.00. The van der Waals surface area contributed by atoms with Gasteiger partial charge in [-0.05, 0) is 25.0 Å². The lowest BCUT2D eigenvalue weighted by Crippen LogP contribution is -2.52. The van der Waals surface area contributed by atoms with Crippen LogP contribution in [0.4, 0.5) is 10.5 Å². The summed E-state index contributed by atoms with van der Waals surface area (Å²) in [4.78, 5) is 34.7. The van der Waals surface area contributed by atoms with Gasteiger partial charge in [-0.25, -0.2) is 9.59 Å². The number of amides is 3. The van der Waals surface area contributed by atoms with Crippen molar-refractivity contribution >= 4 is 23.6 Å². The van der Waals surface area contributed by atoms with Crippen LogP contribution in [-0.4, -0.2) is 35.1 Å². The van der Waals surface area contributed by atoms with E-state index in [9.17, 15) is 14.4 Å². The summed E-state index contributed by atoms with van der Waals surface area (Å²) in [5.74, 6) is -1.92. The molecule has 0 bridgehead atoms. The molecule has 0 saturated heterocycles. The lowest BCUT2D eigenvalue weighted by Gasteiger charge is -2.21. The Morgan fingerprint density at radius 1 is 1.00 bits per heavy atom. The molecule has 22 heavy (non-hydrogen) atoms. The lowest BCUT2D eigenvalue weighted by molar-refractivity contribution is -0.143. The zero-order chi connectivity index (χ0) is 16.7. The van der Waals surface area contributed by atoms with E-state index in [1.165, 1.54) is 6.92 Å². The highest BCUT2D eigenvalue weighted by Crippen LogP contribution is 2.05. The van der Waals surface area contributed by atoms with Gasteiger partial charge in [-0.3, -0.25) is 4.79 Å². The standard InChI is InChI=1S/C15H21N3O4/c1-9(2)12(14(20)21)18-13(19)10(3)16-15(22)17-11-7-5-4-6-8-11/h4-10,12H,1-3H3,(H,18,19)(H,20,21)(H2,16,17,22)/t10?,12-/m1/s1. The maximum absolute atomic E-state index is 11.9. The van der Waals surface area contributed by atoms with Gasteiger partial charge in [0.1, 0.15) is 12.1 Å². The number of para-hydroxylation sites is 1. The van der Waals surface area contributed by atoms with Crippen molar-refractivity contribution in [2.75, 3.05) is 5.32 Å². The second-order valence-electron chi connectivity index (χ2n) is 5.25. The topological polar surface area (TPSA) is 108 Å². The van der Waals surface area contributed by atoms with Crippen LogP contribution in [-0.2, 0) is 9.59 Å². The first-order valence-corrected chi connectivity index (χ1v) is 6.97. The number of carbonyl (C=O) groups is 3. The zero-order valence-electron chi connectivity index (χ0n) is 12.8. The molecular formula is C15H21N3O4. The molecule has 7 heteroatoms. The Morgan fingerprint density at radius 3 is 2.09 bits per heavy atom. The highest BCUT2D eigenvalue weighted by atomic mass is 16.4. The largest absolute Gasteiger partial charge is 0.480 e. The number of nitrogens with one attached hydrogen (secondary N) is 3. The molecule has 0 saturated carbocycles. The van der Waals surface area contributed by atoms with Crippen LogP contribution < -0.4 is 16.0 Å². The van der Waals surface area contributed by atoms with Crippen molar-refractivity contribution in [2.24, 2.45) is 5.92 Å². The molecule has 0 fully saturated rings. The fraction of sp³-hybridized carbons (Fsp3) is 0.400. The molecule has 0 radical (unpaired) electrons. The van der Waals surface area contributed by atoms with E-state index in [-0.39, 0.29) is 5.92 Å². The molecule has 7 nitrogen and oxygen atoms in total. The quantitative estimate of drug-likeness (QED) is 0.637. The van der Waals surface area contributed by atoms with Crippen LogP contribution >= 0.6 is 0 Å². The molecule has 2 atom stereocenters. The fourth-order valence-corrected chi connectivity index (χ4v) is 1.74. The minimum absolute atomic E-state index is 0.258. The molecule has 0 spiro atoms. The Kier molecular flexibility index (Phi) is 6.37. The molecule has 1 aromatic rings. The summed E-state index contributed by atoms with van der Waals surface area (Å²) >= 11 is 0. The van der Waals surface area contributed by atoms with Crippen molar-refractivity contribution in [3.05, 3.63) is 30.3 Å². The van der Waals surface area contributed by atoms with Gasteiger partial charge < -0.3 is 21.1 Å². The third-order valence-corrected chi connectivity index (χ3v) is 3.00. The minimum atomic E-state index is -1.11. The summed E-state index contributed by atoms with van der Waals surface area (Å²) in [7, 11) is 0. The predicted octanol–water partition coefficient (Wildman–Crippen LogP) is 1.42. The SMILES string of the molecule is CC(NC(=O)Nc1ccccc1)C(=O)N[C@@H](C(=O)O)C(C)C. The first-order valence-electron chi connectivity index (χ1n) is 6.97. The Bertz CT molecular complexity index is 531. The molecule has 4 N–H and O–H groups in total. The molecule has 1 rings (SSSR count). The van der Waals surface area contributed by atoms with Gasteiger partial charge in [0.15, 0.2) is 0 Å². The van der Waals surface area contributed by atoms with Crippen LogP contribution in [0.1, 0.15) is 20.8 Å². The van der Waals surface area contributed by atoms with Crippen molar-refractivity contribution in [1.29, 1.82) is 0 Å². The van der Waals surface area contributed by atoms with Crippen molar-refractivity contribution in [2.45, 2.75) is 32.9 Å². The minimum Gasteiger partial charge on any atom is -0.480 e. The fourth-order valence-electron chi connectivity index (χ4n) is 1.74. The van der Waals surface area contributed by atoms with Crippen molar-refractivity contribution in [3.63, 3.8) is 0 Å². The molecule has 120 valence electrons. The van der Waals surface area contributed by atoms with Crippen molar-refractivity contribution in [3.8, 4) is 0 Å². The van der Waals surface area contributed by atoms with Gasteiger partial charge in [0.2, 0.25) is 5.91 Å². The van der Waals surface area contributed by atoms with Crippen LogP contribution in [0.25, 0.3) is 0 Å². The molecule has 1 unspecified atom stereocenters. The summed E-state index contributed by atoms with van der Waals surface area (Å²) in [6, 6.07) is 6.39. The first kappa shape index (κ1) is 17.5. The second-order valence-corrected chi connectivity index (χ2v) is 5.25. The van der Waals surface area contributed by atoms with Crippen molar-refractivity contribution < 1.29 is 19.5 Å². The van der Waals surface area contributed by atoms with Crippen LogP contribution in [0.5, 0.6) is 0 Å². The number of carboxylic acid groups (broad SMARTS) is 1. The average Bonchev–Trinajstić information content (AvgIpc) is 2.44. The van der Waals surface area contributed by atoms with Gasteiger partial charge in [0.05, 0.1) is 0 Å². The molecule has 0 aromatic heterocycles. The second kappa shape index (κ2) is 8.02. The van der Waals surface area contributed by atoms with Crippen LogP contribution in [0.2, 0.25) is 0 Å². The number of urea groups is 1. The van der Waals surface area contributed by atoms with E-state index in [1.54, 1.807) is 38.1 Å². The number of anilines is 1. The average molecular weight is 307 g/mol. The molecule has 0 aliphatic heterocycles. The lowest BCUT2D eigenvalue weighted by atomic mass is 10.0. The van der Waals surface area contributed by atoms with Gasteiger partial charge in [-0.1, -0.05) is 32.0 Å². The van der Waals surface area contributed by atoms with E-state index in [1.807, 2.05) is 6.07 Å². The van der Waals surface area contributed by atoms with Gasteiger partial charge >= 0.3 is 12.0 Å². The number of carboxylic acids is 1. The summed E-state index contributed by atoms with van der Waals surface area (Å²) in [5, 5.41) is 16.5. The monoisotopic (exact) mass is 307 g/mol. The van der Waals surface area contributed by atoms with Gasteiger partial charge in [0.25, 0.3) is 0 Å². The number of benzene rings is 1. The van der Waals surface area contributed by atoms with E-state index >= 15 is 0 Å². The Balaban J connectivity index is 2.53. The number of hydrogen-bond acceptors (Lipinski definition) is 3. The third kappa shape index (κ3) is 5.43. The molecule has 0 aliphatic carbocycles. The van der Waals surface area contributed by atoms with Crippen LogP contribution in [0, 0.1) is 5.92 Å². The molecular weight excluding hydrogens is 286 g/mol. The van der Waals surface area contributed by atoms with Gasteiger partial charge in [0, 0.05) is 5.69 Å². The molecule has 3 amide bonds. The zero-order valence-corrected chi connectivity index (χ0v) is 12.8. The normalized spacial score (nSPS) is 13.1. The summed E-state index contributed by atoms with van der Waals surface area (Å²) < 4.78 is 0. The van der Waals surface area contributed by atoms with E-state index in [4.69, 9.17) is 5.11 Å². The van der Waals surface area contributed by atoms with E-state index in [0.29, 0.717) is 5.69 Å². The summed E-state index contributed by atoms with van der Waals surface area (Å²) in [5.41, 5.74) is 0.596. The van der Waals surface area contributed by atoms with Gasteiger partial charge in [-0.2, -0.15) is 0 Å². The number of carbonyl (C=O) groups excluding carboxylic acids is 2. The van der Waals surface area contributed by atoms with E-state index in [2.05, 4.69) is 16.0 Å². The number of hydrogen-bond donors (Lipinski definition) is 4. The Labute approximate surface area is 129 Å². The van der Waals surface area contributed by atoms with Crippen LogP contribution in [0.3, 0.4) is 0 Å².